The predicted octanol–water partition coefficient (Wildman–Crippen LogP) is 3.43. The molecule has 0 bridgehead atoms. The lowest BCUT2D eigenvalue weighted by Crippen LogP contribution is -2.43. The molecule has 1 aliphatic rings. The molecule has 4 heteroatoms. The summed E-state index contributed by atoms with van der Waals surface area (Å²) >= 11 is 1.70. The third-order valence-electron chi connectivity index (χ3n) is 3.73. The molecule has 0 atom stereocenters. The Morgan fingerprint density at radius 3 is 2.72 bits per heavy atom. The molecule has 0 saturated heterocycles. The first-order valence-electron chi connectivity index (χ1n) is 6.72. The van der Waals surface area contributed by atoms with Crippen molar-refractivity contribution < 1.29 is 4.79 Å². The molecule has 0 unspecified atom stereocenters. The molecule has 1 aliphatic carbocycles. The summed E-state index contributed by atoms with van der Waals surface area (Å²) in [5.74, 6) is 0.819. The maximum Gasteiger partial charge on any atom is 0.315 e. The van der Waals surface area contributed by atoms with Crippen LogP contribution < -0.4 is 10.6 Å². The first-order chi connectivity index (χ1) is 8.65. The molecular formula is C14H22N2OS. The molecule has 0 spiro atoms. The average molecular weight is 266 g/mol. The zero-order valence-corrected chi connectivity index (χ0v) is 12.0. The second-order valence-corrected chi connectivity index (χ2v) is 6.31. The van der Waals surface area contributed by atoms with Gasteiger partial charge in [-0.3, -0.25) is 0 Å². The van der Waals surface area contributed by atoms with Crippen molar-refractivity contribution in [3.05, 3.63) is 21.9 Å². The Hall–Kier alpha value is -1.03. The van der Waals surface area contributed by atoms with Crippen LogP contribution in [0.3, 0.4) is 0 Å². The molecule has 1 heterocycles. The van der Waals surface area contributed by atoms with Gasteiger partial charge in [-0.25, -0.2) is 4.79 Å². The fourth-order valence-corrected chi connectivity index (χ4v) is 3.23. The van der Waals surface area contributed by atoms with Gasteiger partial charge in [0.2, 0.25) is 0 Å². The van der Waals surface area contributed by atoms with Crippen LogP contribution in [-0.4, -0.2) is 12.1 Å². The smallest absolute Gasteiger partial charge is 0.315 e. The van der Waals surface area contributed by atoms with E-state index in [1.54, 1.807) is 11.3 Å². The normalized spacial score (nSPS) is 23.7. The van der Waals surface area contributed by atoms with Crippen molar-refractivity contribution in [3.8, 4) is 0 Å². The molecule has 3 nitrogen and oxygen atoms in total. The van der Waals surface area contributed by atoms with Crippen LogP contribution in [0, 0.1) is 12.8 Å². The minimum Gasteiger partial charge on any atom is -0.335 e. The lowest BCUT2D eigenvalue weighted by molar-refractivity contribution is 0.228. The summed E-state index contributed by atoms with van der Waals surface area (Å²) in [6, 6.07) is 2.43. The van der Waals surface area contributed by atoms with Crippen LogP contribution in [-0.2, 0) is 6.54 Å². The van der Waals surface area contributed by atoms with Gasteiger partial charge in [-0.2, -0.15) is 0 Å². The van der Waals surface area contributed by atoms with Crippen molar-refractivity contribution >= 4 is 17.4 Å². The van der Waals surface area contributed by atoms with Gasteiger partial charge >= 0.3 is 6.03 Å². The van der Waals surface area contributed by atoms with Gasteiger partial charge in [0.15, 0.2) is 0 Å². The number of carbonyl (C=O) groups is 1. The Bertz CT molecular complexity index is 394. The second kappa shape index (κ2) is 6.23. The fourth-order valence-electron chi connectivity index (χ4n) is 2.39. The van der Waals surface area contributed by atoms with E-state index in [-0.39, 0.29) is 6.03 Å². The molecule has 0 aliphatic heterocycles. The van der Waals surface area contributed by atoms with Gasteiger partial charge in [0.25, 0.3) is 0 Å². The molecule has 1 aromatic heterocycles. The summed E-state index contributed by atoms with van der Waals surface area (Å²) < 4.78 is 0. The van der Waals surface area contributed by atoms with Crippen LogP contribution in [0.5, 0.6) is 0 Å². The molecule has 1 aromatic rings. The molecule has 0 radical (unpaired) electrons. The third-order valence-corrected chi connectivity index (χ3v) is 4.75. The van der Waals surface area contributed by atoms with Crippen LogP contribution in [0.4, 0.5) is 4.79 Å². The Kier molecular flexibility index (Phi) is 4.64. The standard InChI is InChI=1S/C14H22N2OS/c1-10-3-5-12(6-4-10)16-14(17)15-9-13-11(2)7-8-18-13/h7-8,10,12H,3-6,9H2,1-2H3,(H2,15,16,17). The molecular weight excluding hydrogens is 244 g/mol. The van der Waals surface area contributed by atoms with E-state index in [4.69, 9.17) is 0 Å². The average Bonchev–Trinajstić information content (AvgIpc) is 2.75. The van der Waals surface area contributed by atoms with Gasteiger partial charge in [0.05, 0.1) is 6.54 Å². The van der Waals surface area contributed by atoms with Gasteiger partial charge in [0.1, 0.15) is 0 Å². The van der Waals surface area contributed by atoms with Gasteiger partial charge in [0, 0.05) is 10.9 Å². The van der Waals surface area contributed by atoms with Gasteiger partial charge in [-0.1, -0.05) is 6.92 Å². The summed E-state index contributed by atoms with van der Waals surface area (Å²) in [6.45, 7) is 5.00. The number of hydrogen-bond donors (Lipinski definition) is 2. The molecule has 2 N–H and O–H groups in total. The molecule has 1 fully saturated rings. The quantitative estimate of drug-likeness (QED) is 0.864. The topological polar surface area (TPSA) is 41.1 Å². The van der Waals surface area contributed by atoms with E-state index in [9.17, 15) is 4.79 Å². The Morgan fingerprint density at radius 2 is 2.11 bits per heavy atom. The van der Waals surface area contributed by atoms with Crippen LogP contribution in [0.2, 0.25) is 0 Å². The number of urea groups is 1. The van der Waals surface area contributed by atoms with E-state index < -0.39 is 0 Å². The number of rotatable bonds is 3. The van der Waals surface area contributed by atoms with Crippen molar-refractivity contribution in [3.63, 3.8) is 0 Å². The maximum atomic E-state index is 11.8. The molecule has 1 saturated carbocycles. The highest BCUT2D eigenvalue weighted by atomic mass is 32.1. The fraction of sp³-hybridized carbons (Fsp3) is 0.643. The number of thiophene rings is 1. The summed E-state index contributed by atoms with van der Waals surface area (Å²) in [6.07, 6.45) is 4.70. The lowest BCUT2D eigenvalue weighted by atomic mass is 9.87. The minimum atomic E-state index is -0.0256. The third kappa shape index (κ3) is 3.73. The van der Waals surface area contributed by atoms with E-state index in [0.717, 1.165) is 18.8 Å². The van der Waals surface area contributed by atoms with Crippen LogP contribution in [0.1, 0.15) is 43.0 Å². The number of nitrogens with one attached hydrogen (secondary N) is 2. The highest BCUT2D eigenvalue weighted by Gasteiger charge is 2.19. The summed E-state index contributed by atoms with van der Waals surface area (Å²) in [4.78, 5) is 13.0. The van der Waals surface area contributed by atoms with Crippen LogP contribution >= 0.6 is 11.3 Å². The Balaban J connectivity index is 1.71. The van der Waals surface area contributed by atoms with E-state index in [2.05, 4.69) is 35.9 Å². The second-order valence-electron chi connectivity index (χ2n) is 5.31. The van der Waals surface area contributed by atoms with E-state index in [0.29, 0.717) is 12.6 Å². The van der Waals surface area contributed by atoms with E-state index in [1.807, 2.05) is 0 Å². The first kappa shape index (κ1) is 13.4. The molecule has 100 valence electrons. The monoisotopic (exact) mass is 266 g/mol. The van der Waals surface area contributed by atoms with Crippen molar-refractivity contribution in [1.82, 2.24) is 10.6 Å². The zero-order valence-electron chi connectivity index (χ0n) is 11.2. The summed E-state index contributed by atoms with van der Waals surface area (Å²) in [5, 5.41) is 8.08. The van der Waals surface area contributed by atoms with Gasteiger partial charge < -0.3 is 10.6 Å². The van der Waals surface area contributed by atoms with Crippen molar-refractivity contribution in [2.24, 2.45) is 5.92 Å². The van der Waals surface area contributed by atoms with Gasteiger partial charge in [-0.15, -0.1) is 11.3 Å². The highest BCUT2D eigenvalue weighted by Crippen LogP contribution is 2.23. The number of amides is 2. The van der Waals surface area contributed by atoms with E-state index in [1.165, 1.54) is 23.3 Å². The van der Waals surface area contributed by atoms with Crippen molar-refractivity contribution in [1.29, 1.82) is 0 Å². The molecule has 2 rings (SSSR count). The highest BCUT2D eigenvalue weighted by molar-refractivity contribution is 7.10. The van der Waals surface area contributed by atoms with Crippen LogP contribution in [0.15, 0.2) is 11.4 Å². The SMILES string of the molecule is Cc1ccsc1CNC(=O)NC1CCC(C)CC1. The Labute approximate surface area is 113 Å². The number of aryl methyl sites for hydroxylation is 1. The zero-order chi connectivity index (χ0) is 13.0. The number of hydrogen-bond acceptors (Lipinski definition) is 2. The Morgan fingerprint density at radius 1 is 1.39 bits per heavy atom. The minimum absolute atomic E-state index is 0.0256. The molecule has 18 heavy (non-hydrogen) atoms. The van der Waals surface area contributed by atoms with Crippen molar-refractivity contribution in [2.45, 2.75) is 52.1 Å². The van der Waals surface area contributed by atoms with E-state index >= 15 is 0 Å². The molecule has 2 amide bonds. The van der Waals surface area contributed by atoms with Gasteiger partial charge in [-0.05, 0) is 55.5 Å². The first-order valence-corrected chi connectivity index (χ1v) is 7.60. The molecule has 0 aromatic carbocycles. The van der Waals surface area contributed by atoms with Crippen LogP contribution in [0.25, 0.3) is 0 Å². The predicted molar refractivity (Wildman–Crippen MR) is 75.8 cm³/mol. The summed E-state index contributed by atoms with van der Waals surface area (Å²) in [7, 11) is 0. The van der Waals surface area contributed by atoms with Crippen molar-refractivity contribution in [2.75, 3.05) is 0 Å². The maximum absolute atomic E-state index is 11.8. The largest absolute Gasteiger partial charge is 0.335 e. The number of carbonyl (C=O) groups excluding carboxylic acids is 1. The lowest BCUT2D eigenvalue weighted by Gasteiger charge is -2.26. The summed E-state index contributed by atoms with van der Waals surface area (Å²) in [5.41, 5.74) is 1.26.